The quantitative estimate of drug-likeness (QED) is 0.481. The van der Waals surface area contributed by atoms with E-state index in [1.54, 1.807) is 24.5 Å². The Morgan fingerprint density at radius 1 is 1.00 bits per heavy atom. The third-order valence-electron chi connectivity index (χ3n) is 6.02. The van der Waals surface area contributed by atoms with Crippen molar-refractivity contribution in [2.24, 2.45) is 5.73 Å². The van der Waals surface area contributed by atoms with E-state index in [4.69, 9.17) is 5.73 Å². The third kappa shape index (κ3) is 5.46. The lowest BCUT2D eigenvalue weighted by atomic mass is 10.1. The minimum atomic E-state index is -2.59. The van der Waals surface area contributed by atoms with Crippen LogP contribution in [0.1, 0.15) is 48.0 Å². The third-order valence-corrected chi connectivity index (χ3v) is 6.02. The molecule has 0 saturated carbocycles. The van der Waals surface area contributed by atoms with Gasteiger partial charge in [-0.1, -0.05) is 6.42 Å². The molecule has 0 spiro atoms. The van der Waals surface area contributed by atoms with Crippen LogP contribution in [0, 0.1) is 0 Å². The molecule has 1 aromatic carbocycles. The molecule has 0 aliphatic carbocycles. The van der Waals surface area contributed by atoms with Gasteiger partial charge in [-0.05, 0) is 31.0 Å². The Hall–Kier alpha value is -3.63. The van der Waals surface area contributed by atoms with Crippen molar-refractivity contribution in [3.05, 3.63) is 48.0 Å². The number of unbranched alkanes of at least 4 members (excludes halogenated alkanes) is 2. The summed E-state index contributed by atoms with van der Waals surface area (Å²) in [6.45, 7) is 3.00. The second-order valence-corrected chi connectivity index (χ2v) is 8.30. The minimum Gasteiger partial charge on any atom is -0.366 e. The number of hydrogen-bond donors (Lipinski definition) is 1. The Balaban J connectivity index is 1.18. The number of hydrogen-bond acceptors (Lipinski definition) is 6. The molecule has 1 saturated heterocycles. The predicted molar refractivity (Wildman–Crippen MR) is 123 cm³/mol. The molecule has 1 aliphatic rings. The Morgan fingerprint density at radius 2 is 1.74 bits per heavy atom. The van der Waals surface area contributed by atoms with Gasteiger partial charge in [0.05, 0.1) is 22.9 Å². The molecule has 34 heavy (non-hydrogen) atoms. The van der Waals surface area contributed by atoms with Crippen LogP contribution in [0.4, 0.5) is 14.7 Å². The molecule has 2 amide bonds. The Morgan fingerprint density at radius 3 is 2.41 bits per heavy atom. The van der Waals surface area contributed by atoms with Gasteiger partial charge in [0, 0.05) is 57.1 Å². The molecule has 3 aromatic rings. The average molecular weight is 472 g/mol. The minimum absolute atomic E-state index is 0.118. The normalized spacial score (nSPS) is 14.2. The van der Waals surface area contributed by atoms with E-state index in [9.17, 15) is 18.4 Å². The number of benzene rings is 1. The van der Waals surface area contributed by atoms with Gasteiger partial charge in [-0.15, -0.1) is 0 Å². The number of imidazole rings is 1. The van der Waals surface area contributed by atoms with Crippen molar-refractivity contribution in [2.75, 3.05) is 31.1 Å². The van der Waals surface area contributed by atoms with Crippen molar-refractivity contribution in [1.29, 1.82) is 0 Å². The summed E-state index contributed by atoms with van der Waals surface area (Å²) in [4.78, 5) is 40.1. The highest BCUT2D eigenvalue weighted by Gasteiger charge is 2.22. The summed E-state index contributed by atoms with van der Waals surface area (Å²) < 4.78 is 27.3. The van der Waals surface area contributed by atoms with Crippen LogP contribution in [0.5, 0.6) is 0 Å². The zero-order valence-electron chi connectivity index (χ0n) is 18.7. The number of carbonyl (C=O) groups excluding carboxylic acids is 2. The largest absolute Gasteiger partial charge is 0.366 e. The van der Waals surface area contributed by atoms with Gasteiger partial charge in [0.15, 0.2) is 0 Å². The number of alkyl halides is 2. The molecule has 3 heterocycles. The van der Waals surface area contributed by atoms with E-state index in [1.165, 1.54) is 0 Å². The summed E-state index contributed by atoms with van der Waals surface area (Å²) in [6, 6.07) is 5.21. The lowest BCUT2D eigenvalue weighted by molar-refractivity contribution is -0.131. The van der Waals surface area contributed by atoms with Crippen LogP contribution in [-0.4, -0.2) is 62.4 Å². The van der Waals surface area contributed by atoms with Crippen molar-refractivity contribution in [1.82, 2.24) is 24.4 Å². The predicted octanol–water partition coefficient (Wildman–Crippen LogP) is 2.77. The van der Waals surface area contributed by atoms with E-state index < -0.39 is 12.3 Å². The first kappa shape index (κ1) is 23.5. The SMILES string of the molecule is NC(=O)c1ccc2ncn(CCCCCC(=O)N3CCN(c4ncc(C(F)F)cn4)CC3)c2c1. The number of fused-ring (bicyclic) bond motifs is 1. The number of primary amides is 1. The van der Waals surface area contributed by atoms with Crippen LogP contribution in [0.25, 0.3) is 11.0 Å². The molecule has 4 rings (SSSR count). The highest BCUT2D eigenvalue weighted by atomic mass is 19.3. The van der Waals surface area contributed by atoms with Gasteiger partial charge in [-0.3, -0.25) is 9.59 Å². The van der Waals surface area contributed by atoms with Crippen LogP contribution in [0.15, 0.2) is 36.9 Å². The van der Waals surface area contributed by atoms with Gasteiger partial charge in [0.25, 0.3) is 6.43 Å². The summed E-state index contributed by atoms with van der Waals surface area (Å²) in [5.41, 5.74) is 7.31. The van der Waals surface area contributed by atoms with Crippen LogP contribution >= 0.6 is 0 Å². The van der Waals surface area contributed by atoms with Crippen molar-refractivity contribution < 1.29 is 18.4 Å². The van der Waals surface area contributed by atoms with E-state index in [2.05, 4.69) is 15.0 Å². The first-order valence-electron chi connectivity index (χ1n) is 11.3. The van der Waals surface area contributed by atoms with Gasteiger partial charge in [-0.25, -0.2) is 23.7 Å². The summed E-state index contributed by atoms with van der Waals surface area (Å²) in [7, 11) is 0. The van der Waals surface area contributed by atoms with Crippen molar-refractivity contribution in [3.8, 4) is 0 Å². The fourth-order valence-corrected chi connectivity index (χ4v) is 4.04. The monoisotopic (exact) mass is 471 g/mol. The molecular formula is C23H27F2N7O2. The standard InChI is InChI=1S/C23H27F2N7O2/c24-21(25)17-13-27-23(28-14-17)31-10-8-30(9-11-31)20(33)4-2-1-3-7-32-15-29-18-6-5-16(22(26)34)12-19(18)32/h5-6,12-15,21H,1-4,7-11H2,(H2,26,34). The highest BCUT2D eigenvalue weighted by molar-refractivity contribution is 5.96. The maximum Gasteiger partial charge on any atom is 0.266 e. The van der Waals surface area contributed by atoms with E-state index in [0.717, 1.165) is 49.2 Å². The molecule has 0 unspecified atom stereocenters. The van der Waals surface area contributed by atoms with Crippen molar-refractivity contribution in [2.45, 2.75) is 38.7 Å². The number of nitrogens with two attached hydrogens (primary N) is 1. The van der Waals surface area contributed by atoms with Crippen LogP contribution in [0.3, 0.4) is 0 Å². The molecular weight excluding hydrogens is 444 g/mol. The van der Waals surface area contributed by atoms with Crippen LogP contribution in [0.2, 0.25) is 0 Å². The molecule has 9 nitrogen and oxygen atoms in total. The fraction of sp³-hybridized carbons (Fsp3) is 0.435. The highest BCUT2D eigenvalue weighted by Crippen LogP contribution is 2.19. The molecule has 1 fully saturated rings. The van der Waals surface area contributed by atoms with Gasteiger partial charge in [0.2, 0.25) is 17.8 Å². The lowest BCUT2D eigenvalue weighted by Gasteiger charge is -2.34. The molecule has 1 aliphatic heterocycles. The number of aryl methyl sites for hydroxylation is 1. The zero-order chi connectivity index (χ0) is 24.1. The van der Waals surface area contributed by atoms with Crippen LogP contribution < -0.4 is 10.6 Å². The topological polar surface area (TPSA) is 110 Å². The Labute approximate surface area is 195 Å². The number of carbonyl (C=O) groups is 2. The Bertz CT molecular complexity index is 1140. The number of amides is 2. The number of piperazine rings is 1. The van der Waals surface area contributed by atoms with Gasteiger partial charge in [0.1, 0.15) is 0 Å². The number of aromatic nitrogens is 4. The second kappa shape index (κ2) is 10.5. The Kier molecular flexibility index (Phi) is 7.29. The van der Waals surface area contributed by atoms with E-state index in [-0.39, 0.29) is 11.5 Å². The first-order valence-corrected chi connectivity index (χ1v) is 11.3. The number of halogens is 2. The summed E-state index contributed by atoms with van der Waals surface area (Å²) in [5, 5.41) is 0. The molecule has 0 bridgehead atoms. The maximum absolute atomic E-state index is 12.6. The van der Waals surface area contributed by atoms with Crippen LogP contribution in [-0.2, 0) is 11.3 Å². The van der Waals surface area contributed by atoms with Crippen molar-refractivity contribution >= 4 is 28.8 Å². The molecule has 180 valence electrons. The fourth-order valence-electron chi connectivity index (χ4n) is 4.04. The van der Waals surface area contributed by atoms with Crippen molar-refractivity contribution in [3.63, 3.8) is 0 Å². The average Bonchev–Trinajstić information content (AvgIpc) is 3.26. The number of rotatable bonds is 9. The van der Waals surface area contributed by atoms with E-state index in [0.29, 0.717) is 44.1 Å². The summed E-state index contributed by atoms with van der Waals surface area (Å²) >= 11 is 0. The molecule has 11 heteroatoms. The van der Waals surface area contributed by atoms with Gasteiger partial charge < -0.3 is 20.1 Å². The lowest BCUT2D eigenvalue weighted by Crippen LogP contribution is -2.49. The van der Waals surface area contributed by atoms with E-state index >= 15 is 0 Å². The first-order chi connectivity index (χ1) is 16.4. The summed E-state index contributed by atoms with van der Waals surface area (Å²) in [6.07, 6.45) is 4.51. The molecule has 2 N–H and O–H groups in total. The molecule has 0 atom stereocenters. The number of nitrogens with zero attached hydrogens (tertiary/aromatic N) is 6. The molecule has 2 aromatic heterocycles. The second-order valence-electron chi connectivity index (χ2n) is 8.30. The van der Waals surface area contributed by atoms with E-state index in [1.807, 2.05) is 14.4 Å². The summed E-state index contributed by atoms with van der Waals surface area (Å²) in [5.74, 6) is 0.0606. The maximum atomic E-state index is 12.6. The molecule has 0 radical (unpaired) electrons. The zero-order valence-corrected chi connectivity index (χ0v) is 18.7. The smallest absolute Gasteiger partial charge is 0.266 e. The number of anilines is 1. The van der Waals surface area contributed by atoms with Gasteiger partial charge in [-0.2, -0.15) is 0 Å². The van der Waals surface area contributed by atoms with Gasteiger partial charge >= 0.3 is 0 Å².